The lowest BCUT2D eigenvalue weighted by atomic mass is 10.2. The van der Waals surface area contributed by atoms with Crippen LogP contribution in [0.4, 0.5) is 5.69 Å². The Labute approximate surface area is 127 Å². The highest BCUT2D eigenvalue weighted by molar-refractivity contribution is 7.21. The Bertz CT molecular complexity index is 696. The number of hydrogen-bond acceptors (Lipinski definition) is 5. The summed E-state index contributed by atoms with van der Waals surface area (Å²) in [4.78, 5) is 30.9. The molecule has 0 fully saturated rings. The van der Waals surface area contributed by atoms with Crippen molar-refractivity contribution >= 4 is 39.1 Å². The topological polar surface area (TPSA) is 88.3 Å². The summed E-state index contributed by atoms with van der Waals surface area (Å²) in [5.74, 6) is -0.481. The number of pyridine rings is 1. The predicted molar refractivity (Wildman–Crippen MR) is 84.4 cm³/mol. The molecule has 0 aromatic carbocycles. The molecule has 112 valence electrons. The first-order valence-corrected chi connectivity index (χ1v) is 7.43. The summed E-state index contributed by atoms with van der Waals surface area (Å²) < 4.78 is 0. The van der Waals surface area contributed by atoms with E-state index in [1.807, 2.05) is 26.0 Å². The van der Waals surface area contributed by atoms with Crippen molar-refractivity contribution in [3.8, 4) is 0 Å². The first-order valence-electron chi connectivity index (χ1n) is 6.61. The number of carbonyl (C=O) groups is 2. The average Bonchev–Trinajstić information content (AvgIpc) is 2.79. The molecule has 2 rings (SSSR count). The maximum atomic E-state index is 12.2. The molecular formula is C14H18N4O2S. The molecule has 0 aliphatic rings. The summed E-state index contributed by atoms with van der Waals surface area (Å²) in [6.07, 6.45) is 0. The largest absolute Gasteiger partial charge is 0.397 e. The van der Waals surface area contributed by atoms with E-state index < -0.39 is 0 Å². The maximum absolute atomic E-state index is 12.2. The third-order valence-corrected chi connectivity index (χ3v) is 4.35. The number of carbonyl (C=O) groups excluding carboxylic acids is 2. The van der Waals surface area contributed by atoms with Crippen LogP contribution in [0.2, 0.25) is 0 Å². The monoisotopic (exact) mass is 306 g/mol. The minimum Gasteiger partial charge on any atom is -0.397 e. The van der Waals surface area contributed by atoms with Crippen LogP contribution in [0, 0.1) is 6.92 Å². The molecule has 0 saturated heterocycles. The molecule has 0 aliphatic heterocycles. The van der Waals surface area contributed by atoms with Crippen LogP contribution in [0.25, 0.3) is 10.2 Å². The van der Waals surface area contributed by atoms with Crippen molar-refractivity contribution in [1.82, 2.24) is 15.2 Å². The fraction of sp³-hybridized carbons (Fsp3) is 0.357. The van der Waals surface area contributed by atoms with Gasteiger partial charge < -0.3 is 16.0 Å². The molecule has 0 spiro atoms. The second kappa shape index (κ2) is 6.09. The van der Waals surface area contributed by atoms with Gasteiger partial charge in [0.2, 0.25) is 5.91 Å². The minimum atomic E-state index is -0.342. The third kappa shape index (κ3) is 3.13. The number of fused-ring (bicyclic) bond motifs is 1. The Kier molecular flexibility index (Phi) is 4.42. The summed E-state index contributed by atoms with van der Waals surface area (Å²) in [6.45, 7) is 4.32. The fourth-order valence-corrected chi connectivity index (χ4v) is 2.86. The zero-order valence-corrected chi connectivity index (χ0v) is 13.1. The van der Waals surface area contributed by atoms with Crippen LogP contribution in [-0.4, -0.2) is 41.8 Å². The lowest BCUT2D eigenvalue weighted by Gasteiger charge is -2.14. The molecule has 21 heavy (non-hydrogen) atoms. The third-order valence-electron chi connectivity index (χ3n) is 3.24. The van der Waals surface area contributed by atoms with Gasteiger partial charge in [0, 0.05) is 24.7 Å². The zero-order valence-electron chi connectivity index (χ0n) is 12.3. The summed E-state index contributed by atoms with van der Waals surface area (Å²) in [5, 5.41) is 3.37. The van der Waals surface area contributed by atoms with Crippen molar-refractivity contribution in [2.24, 2.45) is 0 Å². The van der Waals surface area contributed by atoms with Gasteiger partial charge in [-0.1, -0.05) is 0 Å². The Morgan fingerprint density at radius 2 is 2.14 bits per heavy atom. The first kappa shape index (κ1) is 15.2. The normalized spacial score (nSPS) is 10.6. The molecule has 2 aromatic rings. The second-order valence-corrected chi connectivity index (χ2v) is 5.74. The number of aromatic nitrogens is 1. The highest BCUT2D eigenvalue weighted by Crippen LogP contribution is 2.32. The number of nitrogens with two attached hydrogens (primary N) is 1. The fourth-order valence-electron chi connectivity index (χ4n) is 1.81. The molecular weight excluding hydrogens is 288 g/mol. The molecule has 0 bridgehead atoms. The van der Waals surface area contributed by atoms with Gasteiger partial charge in [-0.05, 0) is 26.0 Å². The smallest absolute Gasteiger partial charge is 0.264 e. The molecule has 7 heteroatoms. The molecule has 0 unspecified atom stereocenters. The van der Waals surface area contributed by atoms with E-state index >= 15 is 0 Å². The highest BCUT2D eigenvalue weighted by Gasteiger charge is 2.18. The molecule has 2 aromatic heterocycles. The lowest BCUT2D eigenvalue weighted by Crippen LogP contribution is -2.37. The number of aryl methyl sites for hydroxylation is 1. The molecule has 0 atom stereocenters. The first-order chi connectivity index (χ1) is 9.93. The van der Waals surface area contributed by atoms with Crippen LogP contribution in [0.1, 0.15) is 22.3 Å². The minimum absolute atomic E-state index is 0.0384. The molecule has 3 N–H and O–H groups in total. The van der Waals surface area contributed by atoms with Crippen LogP contribution < -0.4 is 11.1 Å². The summed E-state index contributed by atoms with van der Waals surface area (Å²) >= 11 is 1.24. The van der Waals surface area contributed by atoms with E-state index in [9.17, 15) is 9.59 Å². The van der Waals surface area contributed by atoms with Gasteiger partial charge in [0.1, 0.15) is 9.71 Å². The van der Waals surface area contributed by atoms with E-state index in [4.69, 9.17) is 5.73 Å². The number of nitrogens with zero attached hydrogens (tertiary/aromatic N) is 2. The number of amides is 2. The Balaban J connectivity index is 2.16. The highest BCUT2D eigenvalue weighted by atomic mass is 32.1. The van der Waals surface area contributed by atoms with Crippen molar-refractivity contribution in [2.75, 3.05) is 25.9 Å². The second-order valence-electron chi connectivity index (χ2n) is 4.74. The van der Waals surface area contributed by atoms with Crippen LogP contribution in [0.15, 0.2) is 12.1 Å². The number of anilines is 1. The van der Waals surface area contributed by atoms with Crippen molar-refractivity contribution in [3.63, 3.8) is 0 Å². The van der Waals surface area contributed by atoms with Crippen molar-refractivity contribution < 1.29 is 9.59 Å². The summed E-state index contributed by atoms with van der Waals surface area (Å²) in [5.41, 5.74) is 7.28. The van der Waals surface area contributed by atoms with Crippen LogP contribution in [0.3, 0.4) is 0 Å². The molecule has 0 aliphatic carbocycles. The molecule has 2 heterocycles. The van der Waals surface area contributed by atoms with Crippen molar-refractivity contribution in [2.45, 2.75) is 13.8 Å². The van der Waals surface area contributed by atoms with Crippen molar-refractivity contribution in [3.05, 3.63) is 22.7 Å². The van der Waals surface area contributed by atoms with E-state index in [0.29, 0.717) is 17.1 Å². The SMILES string of the molecule is CCN(C)C(=O)CNC(=O)c1sc2nc(C)ccc2c1N. The zero-order chi connectivity index (χ0) is 15.6. The van der Waals surface area contributed by atoms with Crippen LogP contribution in [-0.2, 0) is 4.79 Å². The van der Waals surface area contributed by atoms with Crippen LogP contribution in [0.5, 0.6) is 0 Å². The quantitative estimate of drug-likeness (QED) is 0.893. The standard InChI is InChI=1S/C14H18N4O2S/c1-4-18(3)10(19)7-16-13(20)12-11(15)9-6-5-8(2)17-14(9)21-12/h5-6H,4,7,15H2,1-3H3,(H,16,20). The van der Waals surface area contributed by atoms with Gasteiger partial charge in [-0.3, -0.25) is 9.59 Å². The molecule has 0 radical (unpaired) electrons. The van der Waals surface area contributed by atoms with Gasteiger partial charge >= 0.3 is 0 Å². The van der Waals surface area contributed by atoms with Gasteiger partial charge in [0.05, 0.1) is 12.2 Å². The van der Waals surface area contributed by atoms with Crippen molar-refractivity contribution in [1.29, 1.82) is 0 Å². The van der Waals surface area contributed by atoms with Gasteiger partial charge in [0.25, 0.3) is 5.91 Å². The Morgan fingerprint density at radius 3 is 2.81 bits per heavy atom. The lowest BCUT2D eigenvalue weighted by molar-refractivity contribution is -0.128. The number of likely N-dealkylation sites (N-methyl/N-ethyl adjacent to an activating group) is 1. The number of hydrogen-bond donors (Lipinski definition) is 2. The number of rotatable bonds is 4. The van der Waals surface area contributed by atoms with E-state index in [1.54, 1.807) is 11.9 Å². The molecule has 6 nitrogen and oxygen atoms in total. The Morgan fingerprint density at radius 1 is 1.43 bits per heavy atom. The van der Waals surface area contributed by atoms with E-state index in [-0.39, 0.29) is 18.4 Å². The number of thiophene rings is 1. The van der Waals surface area contributed by atoms with Gasteiger partial charge in [0.15, 0.2) is 0 Å². The summed E-state index contributed by atoms with van der Waals surface area (Å²) in [6, 6.07) is 3.71. The molecule has 2 amide bonds. The van der Waals surface area contributed by atoms with Gasteiger partial charge in [-0.15, -0.1) is 11.3 Å². The van der Waals surface area contributed by atoms with E-state index in [0.717, 1.165) is 15.9 Å². The molecule has 0 saturated carbocycles. The number of nitrogen functional groups attached to an aromatic ring is 1. The average molecular weight is 306 g/mol. The van der Waals surface area contributed by atoms with E-state index in [1.165, 1.54) is 11.3 Å². The van der Waals surface area contributed by atoms with Gasteiger partial charge in [-0.25, -0.2) is 4.98 Å². The Hall–Kier alpha value is -2.15. The van der Waals surface area contributed by atoms with Crippen LogP contribution >= 0.6 is 11.3 Å². The number of nitrogens with one attached hydrogen (secondary N) is 1. The van der Waals surface area contributed by atoms with E-state index in [2.05, 4.69) is 10.3 Å². The maximum Gasteiger partial charge on any atom is 0.264 e. The predicted octanol–water partition coefficient (Wildman–Crippen LogP) is 1.40. The van der Waals surface area contributed by atoms with Gasteiger partial charge in [-0.2, -0.15) is 0 Å². The summed E-state index contributed by atoms with van der Waals surface area (Å²) in [7, 11) is 1.69.